The minimum absolute atomic E-state index is 0.0557. The molecule has 7 heteroatoms. The Balaban J connectivity index is 0.00000226. The second-order valence-corrected chi connectivity index (χ2v) is 12.5. The van der Waals surface area contributed by atoms with Crippen LogP contribution in [0.5, 0.6) is 11.6 Å². The van der Waals surface area contributed by atoms with Crippen LogP contribution in [0.1, 0.15) is 66.6 Å². The highest BCUT2D eigenvalue weighted by Gasteiger charge is 2.26. The second kappa shape index (κ2) is 14.4. The number of phenolic OH excluding ortho intramolecular Hbond substituents is 1. The number of aromatic hydroxyl groups is 1. The lowest BCUT2D eigenvalue weighted by atomic mass is 10.0. The molecular weight excluding hydrogens is 532 g/mol. The zero-order valence-electron chi connectivity index (χ0n) is 25.7. The van der Waals surface area contributed by atoms with Gasteiger partial charge in [-0.3, -0.25) is 4.79 Å². The SMILES string of the molecule is CC.CCOC(=O)C(C)Cc1c(SC(C)(C)C)c2cc(O)ccc2n1Cc1ccc(-c2ccc(OCC)nc2)cc1. The maximum atomic E-state index is 12.6. The molecule has 4 rings (SSSR count). The maximum absolute atomic E-state index is 12.6. The number of rotatable bonds is 10. The summed E-state index contributed by atoms with van der Waals surface area (Å²) >= 11 is 1.77. The van der Waals surface area contributed by atoms with Crippen LogP contribution in [0.15, 0.2) is 65.7 Å². The van der Waals surface area contributed by atoms with Crippen molar-refractivity contribution < 1.29 is 19.4 Å². The van der Waals surface area contributed by atoms with Crippen LogP contribution in [0.4, 0.5) is 0 Å². The van der Waals surface area contributed by atoms with Crippen molar-refractivity contribution in [3.8, 4) is 22.8 Å². The molecule has 0 bridgehead atoms. The number of ether oxygens (including phenoxy) is 2. The molecule has 0 fully saturated rings. The van der Waals surface area contributed by atoms with E-state index in [-0.39, 0.29) is 22.4 Å². The second-order valence-electron chi connectivity index (χ2n) is 10.7. The average molecular weight is 577 g/mol. The fourth-order valence-corrected chi connectivity index (χ4v) is 5.79. The summed E-state index contributed by atoms with van der Waals surface area (Å²) in [6, 6.07) is 17.9. The maximum Gasteiger partial charge on any atom is 0.309 e. The first kappa shape index (κ1) is 32.1. The fraction of sp³-hybridized carbons (Fsp3) is 0.412. The number of pyridine rings is 1. The van der Waals surface area contributed by atoms with Gasteiger partial charge in [0.05, 0.1) is 19.1 Å². The summed E-state index contributed by atoms with van der Waals surface area (Å²) in [5.74, 6) is 0.360. The number of hydrogen-bond donors (Lipinski definition) is 1. The molecule has 0 amide bonds. The van der Waals surface area contributed by atoms with Crippen molar-refractivity contribution in [2.45, 2.75) is 78.0 Å². The van der Waals surface area contributed by atoms with Crippen LogP contribution >= 0.6 is 11.8 Å². The van der Waals surface area contributed by atoms with Crippen LogP contribution in [0, 0.1) is 5.92 Å². The van der Waals surface area contributed by atoms with Crippen LogP contribution in [-0.4, -0.2) is 38.6 Å². The van der Waals surface area contributed by atoms with Gasteiger partial charge in [0.2, 0.25) is 5.88 Å². The minimum atomic E-state index is -0.296. The summed E-state index contributed by atoms with van der Waals surface area (Å²) in [7, 11) is 0. The Bertz CT molecular complexity index is 1420. The highest BCUT2D eigenvalue weighted by molar-refractivity contribution is 8.00. The number of carbonyl (C=O) groups is 1. The van der Waals surface area contributed by atoms with Gasteiger partial charge in [0.15, 0.2) is 0 Å². The molecule has 0 saturated heterocycles. The number of thioether (sulfide) groups is 1. The van der Waals surface area contributed by atoms with Gasteiger partial charge in [0.25, 0.3) is 0 Å². The third-order valence-electron chi connectivity index (χ3n) is 6.36. The zero-order valence-corrected chi connectivity index (χ0v) is 26.5. The number of hydrogen-bond acceptors (Lipinski definition) is 6. The molecular formula is C34H44N2O4S. The molecule has 2 heterocycles. The number of benzene rings is 2. The molecule has 0 aliphatic rings. The Morgan fingerprint density at radius 2 is 1.68 bits per heavy atom. The first-order chi connectivity index (χ1) is 19.6. The molecule has 0 radical (unpaired) electrons. The molecule has 2 aromatic carbocycles. The Kier molecular flexibility index (Phi) is 11.3. The van der Waals surface area contributed by atoms with Gasteiger partial charge < -0.3 is 19.1 Å². The smallest absolute Gasteiger partial charge is 0.309 e. The number of aromatic nitrogens is 2. The molecule has 6 nitrogen and oxygen atoms in total. The predicted molar refractivity (Wildman–Crippen MR) is 170 cm³/mol. The summed E-state index contributed by atoms with van der Waals surface area (Å²) in [5.41, 5.74) is 5.36. The van der Waals surface area contributed by atoms with E-state index < -0.39 is 0 Å². The Morgan fingerprint density at radius 1 is 1.00 bits per heavy atom. The minimum Gasteiger partial charge on any atom is -0.508 e. The van der Waals surface area contributed by atoms with Gasteiger partial charge >= 0.3 is 5.97 Å². The van der Waals surface area contributed by atoms with Gasteiger partial charge in [-0.1, -0.05) is 65.8 Å². The summed E-state index contributed by atoms with van der Waals surface area (Å²) in [4.78, 5) is 18.1. The van der Waals surface area contributed by atoms with Gasteiger partial charge in [-0.2, -0.15) is 0 Å². The highest BCUT2D eigenvalue weighted by Crippen LogP contribution is 2.43. The fourth-order valence-electron chi connectivity index (χ4n) is 4.60. The number of esters is 1. The van der Waals surface area contributed by atoms with Crippen LogP contribution in [0.3, 0.4) is 0 Å². The third-order valence-corrected chi connectivity index (χ3v) is 7.63. The summed E-state index contributed by atoms with van der Waals surface area (Å²) in [6.45, 7) is 17.8. The van der Waals surface area contributed by atoms with Crippen molar-refractivity contribution >= 4 is 28.6 Å². The number of nitrogens with zero attached hydrogens (tertiary/aromatic N) is 2. The van der Waals surface area contributed by atoms with E-state index in [1.165, 1.54) is 0 Å². The standard InChI is InChI=1S/C32H38N2O4S.C2H6/c1-7-37-29-16-13-24(19-33-29)23-11-9-22(10-12-23)20-34-27-15-14-25(35)18-26(27)30(39-32(4,5)6)28(34)17-21(3)31(36)38-8-2;1-2/h9-16,18-19,21,35H,7-8,17,20H2,1-6H3;1-2H3. The van der Waals surface area contributed by atoms with Crippen molar-refractivity contribution in [2.24, 2.45) is 5.92 Å². The molecule has 0 spiro atoms. The molecule has 1 N–H and O–H groups in total. The van der Waals surface area contributed by atoms with Crippen molar-refractivity contribution in [3.63, 3.8) is 0 Å². The van der Waals surface area contributed by atoms with E-state index in [1.807, 2.05) is 65.1 Å². The summed E-state index contributed by atoms with van der Waals surface area (Å²) < 4.78 is 13.0. The number of phenols is 1. The summed E-state index contributed by atoms with van der Waals surface area (Å²) in [6.07, 6.45) is 2.37. The molecule has 0 saturated carbocycles. The van der Waals surface area contributed by atoms with E-state index in [4.69, 9.17) is 9.47 Å². The van der Waals surface area contributed by atoms with E-state index in [9.17, 15) is 9.90 Å². The van der Waals surface area contributed by atoms with Gasteiger partial charge in [0.1, 0.15) is 5.75 Å². The largest absolute Gasteiger partial charge is 0.508 e. The third kappa shape index (κ3) is 8.29. The first-order valence-electron chi connectivity index (χ1n) is 14.5. The van der Waals surface area contributed by atoms with E-state index in [2.05, 4.69) is 54.6 Å². The van der Waals surface area contributed by atoms with Crippen molar-refractivity contribution in [3.05, 3.63) is 72.1 Å². The first-order valence-corrected chi connectivity index (χ1v) is 15.3. The number of carbonyl (C=O) groups excluding carboxylic acids is 1. The number of fused-ring (bicyclic) bond motifs is 1. The normalized spacial score (nSPS) is 12.0. The van der Waals surface area contributed by atoms with Gasteiger partial charge in [-0.05, 0) is 49.2 Å². The zero-order chi connectivity index (χ0) is 30.2. The van der Waals surface area contributed by atoms with E-state index in [0.717, 1.165) is 38.2 Å². The molecule has 0 aliphatic heterocycles. The van der Waals surface area contributed by atoms with E-state index in [0.29, 0.717) is 32.1 Å². The summed E-state index contributed by atoms with van der Waals surface area (Å²) in [5, 5.41) is 11.4. The Labute approximate surface area is 249 Å². The highest BCUT2D eigenvalue weighted by atomic mass is 32.2. The van der Waals surface area contributed by atoms with Crippen molar-refractivity contribution in [2.75, 3.05) is 13.2 Å². The van der Waals surface area contributed by atoms with Crippen LogP contribution in [-0.2, 0) is 22.5 Å². The van der Waals surface area contributed by atoms with Gasteiger partial charge in [-0.25, -0.2) is 4.98 Å². The predicted octanol–water partition coefficient (Wildman–Crippen LogP) is 8.51. The van der Waals surface area contributed by atoms with E-state index in [1.54, 1.807) is 17.8 Å². The Morgan fingerprint density at radius 3 is 2.27 bits per heavy atom. The molecule has 41 heavy (non-hydrogen) atoms. The van der Waals surface area contributed by atoms with Gasteiger partial charge in [-0.15, -0.1) is 11.8 Å². The average Bonchev–Trinajstić information content (AvgIpc) is 3.20. The van der Waals surface area contributed by atoms with Crippen LogP contribution in [0.25, 0.3) is 22.0 Å². The van der Waals surface area contributed by atoms with Crippen molar-refractivity contribution in [1.29, 1.82) is 0 Å². The lowest BCUT2D eigenvalue weighted by Gasteiger charge is -2.21. The van der Waals surface area contributed by atoms with Gasteiger partial charge in [0, 0.05) is 57.0 Å². The quantitative estimate of drug-likeness (QED) is 0.151. The molecule has 1 unspecified atom stereocenters. The lowest BCUT2D eigenvalue weighted by Crippen LogP contribution is -2.19. The Hall–Kier alpha value is -3.45. The molecule has 1 atom stereocenters. The van der Waals surface area contributed by atoms with Crippen LogP contribution in [0.2, 0.25) is 0 Å². The lowest BCUT2D eigenvalue weighted by molar-refractivity contribution is -0.147. The molecule has 2 aromatic heterocycles. The molecule has 220 valence electrons. The van der Waals surface area contributed by atoms with Crippen molar-refractivity contribution in [1.82, 2.24) is 9.55 Å². The van der Waals surface area contributed by atoms with E-state index >= 15 is 0 Å². The topological polar surface area (TPSA) is 73.6 Å². The molecule has 4 aromatic rings. The monoisotopic (exact) mass is 576 g/mol. The molecule has 0 aliphatic carbocycles. The van der Waals surface area contributed by atoms with Crippen LogP contribution < -0.4 is 4.74 Å².